The van der Waals surface area contributed by atoms with Crippen molar-refractivity contribution >= 4 is 11.9 Å². The van der Waals surface area contributed by atoms with Crippen molar-refractivity contribution in [2.45, 2.75) is 19.8 Å². The van der Waals surface area contributed by atoms with Crippen LogP contribution in [0.4, 0.5) is 0 Å². The van der Waals surface area contributed by atoms with Crippen molar-refractivity contribution in [3.8, 4) is 0 Å². The summed E-state index contributed by atoms with van der Waals surface area (Å²) in [6.45, 7) is 4.12. The Morgan fingerprint density at radius 2 is 1.86 bits per heavy atom. The fraction of sp³-hybridized carbons (Fsp3) is 0.571. The second-order valence-corrected chi connectivity index (χ2v) is 5.63. The van der Waals surface area contributed by atoms with E-state index in [1.54, 1.807) is 12.0 Å². The van der Waals surface area contributed by atoms with E-state index < -0.39 is 5.97 Å². The minimum absolute atomic E-state index is 0.102. The molecule has 0 aromatic carbocycles. The Kier molecular flexibility index (Phi) is 4.52. The summed E-state index contributed by atoms with van der Waals surface area (Å²) in [5.41, 5.74) is 0.109. The van der Waals surface area contributed by atoms with Crippen LogP contribution in [0.2, 0.25) is 0 Å². The molecule has 1 aliphatic rings. The number of likely N-dealkylation sites (tertiary alicyclic amines) is 1. The summed E-state index contributed by atoms with van der Waals surface area (Å²) in [7, 11) is 1.68. The van der Waals surface area contributed by atoms with Crippen LogP contribution in [-0.4, -0.2) is 58.7 Å². The predicted octanol–water partition coefficient (Wildman–Crippen LogP) is 1.06. The topological polar surface area (TPSA) is 92.6 Å². The third-order valence-electron chi connectivity index (χ3n) is 3.84. The predicted molar refractivity (Wildman–Crippen MR) is 74.1 cm³/mol. The first-order valence-electron chi connectivity index (χ1n) is 6.79. The fourth-order valence-corrected chi connectivity index (χ4v) is 2.45. The molecule has 1 amide bonds. The van der Waals surface area contributed by atoms with Crippen LogP contribution >= 0.6 is 0 Å². The SMILES string of the molecule is COCC1(C)CCN(C(=O)c2cnc(C(=O)O)cn2)CC1. The largest absolute Gasteiger partial charge is 0.476 e. The van der Waals surface area contributed by atoms with E-state index in [0.717, 1.165) is 19.0 Å². The number of hydrogen-bond acceptors (Lipinski definition) is 5. The van der Waals surface area contributed by atoms with Crippen molar-refractivity contribution in [1.29, 1.82) is 0 Å². The molecule has 1 aromatic rings. The van der Waals surface area contributed by atoms with Gasteiger partial charge in [-0.1, -0.05) is 6.92 Å². The number of amides is 1. The molecule has 0 radical (unpaired) electrons. The number of aromatic nitrogens is 2. The maximum Gasteiger partial charge on any atom is 0.356 e. The number of aromatic carboxylic acids is 1. The van der Waals surface area contributed by atoms with Gasteiger partial charge in [0.15, 0.2) is 5.69 Å². The lowest BCUT2D eigenvalue weighted by molar-refractivity contribution is 0.0298. The standard InChI is InChI=1S/C14H19N3O4/c1-14(9-21-2)3-5-17(6-4-14)12(18)10-7-16-11(8-15-10)13(19)20/h7-8H,3-6,9H2,1-2H3,(H,19,20). The molecule has 0 unspecified atom stereocenters. The second kappa shape index (κ2) is 6.17. The minimum Gasteiger partial charge on any atom is -0.476 e. The number of methoxy groups -OCH3 is 1. The van der Waals surface area contributed by atoms with Crippen molar-refractivity contribution < 1.29 is 19.4 Å². The van der Waals surface area contributed by atoms with Crippen molar-refractivity contribution in [2.75, 3.05) is 26.8 Å². The van der Waals surface area contributed by atoms with Gasteiger partial charge in [-0.25, -0.2) is 14.8 Å². The second-order valence-electron chi connectivity index (χ2n) is 5.63. The van der Waals surface area contributed by atoms with Crippen LogP contribution in [0.25, 0.3) is 0 Å². The van der Waals surface area contributed by atoms with E-state index in [1.165, 1.54) is 6.20 Å². The lowest BCUT2D eigenvalue weighted by Gasteiger charge is -2.38. The van der Waals surface area contributed by atoms with Crippen LogP contribution in [-0.2, 0) is 4.74 Å². The maximum absolute atomic E-state index is 12.3. The number of carboxylic acid groups (broad SMARTS) is 1. The Morgan fingerprint density at radius 3 is 2.33 bits per heavy atom. The van der Waals surface area contributed by atoms with E-state index in [-0.39, 0.29) is 22.7 Å². The molecule has 1 aromatic heterocycles. The molecule has 1 fully saturated rings. The number of ether oxygens (including phenoxy) is 1. The quantitative estimate of drug-likeness (QED) is 0.892. The van der Waals surface area contributed by atoms with Gasteiger partial charge in [0.1, 0.15) is 5.69 Å². The number of piperidine rings is 1. The highest BCUT2D eigenvalue weighted by atomic mass is 16.5. The number of carboxylic acids is 1. The Morgan fingerprint density at radius 1 is 1.29 bits per heavy atom. The normalized spacial score (nSPS) is 17.5. The van der Waals surface area contributed by atoms with E-state index in [0.29, 0.717) is 19.7 Å². The van der Waals surface area contributed by atoms with Crippen LogP contribution in [0.5, 0.6) is 0 Å². The molecule has 0 bridgehead atoms. The Labute approximate surface area is 123 Å². The van der Waals surface area contributed by atoms with Crippen LogP contribution < -0.4 is 0 Å². The molecular formula is C14H19N3O4. The van der Waals surface area contributed by atoms with Gasteiger partial charge >= 0.3 is 5.97 Å². The molecule has 1 saturated heterocycles. The highest BCUT2D eigenvalue weighted by Gasteiger charge is 2.32. The lowest BCUT2D eigenvalue weighted by atomic mass is 9.81. The van der Waals surface area contributed by atoms with Crippen molar-refractivity contribution in [1.82, 2.24) is 14.9 Å². The lowest BCUT2D eigenvalue weighted by Crippen LogP contribution is -2.44. The molecule has 7 nitrogen and oxygen atoms in total. The highest BCUT2D eigenvalue weighted by Crippen LogP contribution is 2.31. The third-order valence-corrected chi connectivity index (χ3v) is 3.84. The number of nitrogens with zero attached hydrogens (tertiary/aromatic N) is 3. The Hall–Kier alpha value is -2.02. The van der Waals surface area contributed by atoms with Crippen molar-refractivity contribution in [3.63, 3.8) is 0 Å². The van der Waals surface area contributed by atoms with Gasteiger partial charge in [0, 0.05) is 20.2 Å². The minimum atomic E-state index is -1.16. The average molecular weight is 293 g/mol. The molecule has 7 heteroatoms. The molecular weight excluding hydrogens is 274 g/mol. The first kappa shape index (κ1) is 15.4. The Bertz CT molecular complexity index is 522. The number of carbonyl (C=O) groups excluding carboxylic acids is 1. The van der Waals surface area contributed by atoms with Gasteiger partial charge in [-0.05, 0) is 18.3 Å². The molecule has 1 N–H and O–H groups in total. The summed E-state index contributed by atoms with van der Waals surface area (Å²) in [6, 6.07) is 0. The van der Waals surface area contributed by atoms with Crippen molar-refractivity contribution in [3.05, 3.63) is 23.8 Å². The molecule has 2 rings (SSSR count). The van der Waals surface area contributed by atoms with Gasteiger partial charge in [-0.2, -0.15) is 0 Å². The first-order chi connectivity index (χ1) is 9.95. The molecule has 114 valence electrons. The van der Waals surface area contributed by atoms with Crippen LogP contribution in [0.1, 0.15) is 40.7 Å². The van der Waals surface area contributed by atoms with E-state index in [9.17, 15) is 9.59 Å². The fourth-order valence-electron chi connectivity index (χ4n) is 2.45. The van der Waals surface area contributed by atoms with Gasteiger partial charge in [0.2, 0.25) is 0 Å². The summed E-state index contributed by atoms with van der Waals surface area (Å²) in [4.78, 5) is 32.3. The summed E-state index contributed by atoms with van der Waals surface area (Å²) in [5.74, 6) is -1.37. The first-order valence-corrected chi connectivity index (χ1v) is 6.79. The number of carbonyl (C=O) groups is 2. The number of rotatable bonds is 4. The zero-order valence-corrected chi connectivity index (χ0v) is 12.2. The van der Waals surface area contributed by atoms with Crippen LogP contribution in [0, 0.1) is 5.41 Å². The zero-order chi connectivity index (χ0) is 15.5. The van der Waals surface area contributed by atoms with Crippen molar-refractivity contribution in [2.24, 2.45) is 5.41 Å². The van der Waals surface area contributed by atoms with Crippen LogP contribution in [0.15, 0.2) is 12.4 Å². The monoisotopic (exact) mass is 293 g/mol. The third kappa shape index (κ3) is 3.55. The molecule has 0 aliphatic carbocycles. The van der Waals surface area contributed by atoms with Gasteiger partial charge < -0.3 is 14.7 Å². The molecule has 1 aliphatic heterocycles. The van der Waals surface area contributed by atoms with Gasteiger partial charge in [-0.3, -0.25) is 4.79 Å². The summed E-state index contributed by atoms with van der Waals surface area (Å²) in [5, 5.41) is 8.76. The summed E-state index contributed by atoms with van der Waals surface area (Å²) in [6.07, 6.45) is 4.06. The summed E-state index contributed by atoms with van der Waals surface area (Å²) < 4.78 is 5.22. The van der Waals surface area contributed by atoms with E-state index in [1.807, 2.05) is 0 Å². The van der Waals surface area contributed by atoms with Gasteiger partial charge in [0.05, 0.1) is 19.0 Å². The molecule has 2 heterocycles. The highest BCUT2D eigenvalue weighted by molar-refractivity contribution is 5.92. The molecule has 0 saturated carbocycles. The van der Waals surface area contributed by atoms with Crippen LogP contribution in [0.3, 0.4) is 0 Å². The molecule has 0 spiro atoms. The van der Waals surface area contributed by atoms with E-state index >= 15 is 0 Å². The molecule has 0 atom stereocenters. The molecule has 21 heavy (non-hydrogen) atoms. The maximum atomic E-state index is 12.3. The van der Waals surface area contributed by atoms with E-state index in [4.69, 9.17) is 9.84 Å². The number of hydrogen-bond donors (Lipinski definition) is 1. The summed E-state index contributed by atoms with van der Waals surface area (Å²) >= 11 is 0. The zero-order valence-electron chi connectivity index (χ0n) is 12.2. The smallest absolute Gasteiger partial charge is 0.356 e. The average Bonchev–Trinajstić information content (AvgIpc) is 2.47. The van der Waals surface area contributed by atoms with Gasteiger partial charge in [0.25, 0.3) is 5.91 Å². The van der Waals surface area contributed by atoms with E-state index in [2.05, 4.69) is 16.9 Å². The van der Waals surface area contributed by atoms with Gasteiger partial charge in [-0.15, -0.1) is 0 Å². The Balaban J connectivity index is 2.00.